The Balaban J connectivity index is 1.72. The van der Waals surface area contributed by atoms with Crippen molar-refractivity contribution in [3.05, 3.63) is 155 Å². The van der Waals surface area contributed by atoms with Crippen molar-refractivity contribution in [3.63, 3.8) is 0 Å². The van der Waals surface area contributed by atoms with Crippen molar-refractivity contribution in [1.29, 1.82) is 0 Å². The number of hydrogen-bond acceptors (Lipinski definition) is 2. The molecule has 1 unspecified atom stereocenters. The second-order valence-electron chi connectivity index (χ2n) is 9.10. The van der Waals surface area contributed by atoms with Gasteiger partial charge in [0.2, 0.25) is 0 Å². The monoisotopic (exact) mass is 480 g/mol. The van der Waals surface area contributed by atoms with Crippen LogP contribution in [0.25, 0.3) is 33.4 Å². The quantitative estimate of drug-likeness (QED) is 0.254. The van der Waals surface area contributed by atoms with Crippen molar-refractivity contribution in [3.8, 4) is 22.4 Å². The molecule has 36 heavy (non-hydrogen) atoms. The lowest BCUT2D eigenvalue weighted by Crippen LogP contribution is -2.31. The van der Waals surface area contributed by atoms with E-state index >= 15 is 0 Å². The number of benzene rings is 5. The van der Waals surface area contributed by atoms with Crippen LogP contribution in [0.3, 0.4) is 0 Å². The van der Waals surface area contributed by atoms with Crippen LogP contribution in [-0.4, -0.2) is 9.97 Å². The van der Waals surface area contributed by atoms with Crippen molar-refractivity contribution >= 4 is 22.6 Å². The fourth-order valence-corrected chi connectivity index (χ4v) is 6.01. The maximum absolute atomic E-state index is 6.92. The molecule has 0 fully saturated rings. The summed E-state index contributed by atoms with van der Waals surface area (Å²) in [6.45, 7) is 0. The van der Waals surface area contributed by atoms with Gasteiger partial charge in [0.05, 0.1) is 27.8 Å². The van der Waals surface area contributed by atoms with Crippen LogP contribution < -0.4 is 0 Å². The van der Waals surface area contributed by atoms with Gasteiger partial charge in [-0.3, -0.25) is 0 Å². The molecule has 1 heterocycles. The van der Waals surface area contributed by atoms with Crippen LogP contribution in [0, 0.1) is 0 Å². The number of nitrogens with zero attached hydrogens (tertiary/aromatic N) is 2. The lowest BCUT2D eigenvalue weighted by atomic mass is 9.69. The van der Waals surface area contributed by atoms with Crippen LogP contribution in [0.1, 0.15) is 22.4 Å². The van der Waals surface area contributed by atoms with Crippen LogP contribution in [0.4, 0.5) is 0 Å². The first-order valence-corrected chi connectivity index (χ1v) is 12.4. The van der Waals surface area contributed by atoms with Crippen LogP contribution in [0.2, 0.25) is 5.02 Å². The molecule has 3 heteroatoms. The molecular weight excluding hydrogens is 460 g/mol. The van der Waals surface area contributed by atoms with Gasteiger partial charge in [-0.15, -0.1) is 0 Å². The van der Waals surface area contributed by atoms with Crippen LogP contribution in [-0.2, 0) is 5.41 Å². The highest BCUT2D eigenvalue weighted by Crippen LogP contribution is 2.58. The molecule has 1 atom stereocenters. The summed E-state index contributed by atoms with van der Waals surface area (Å²) in [5.41, 5.74) is 9.52. The van der Waals surface area contributed by atoms with Crippen molar-refractivity contribution in [2.24, 2.45) is 0 Å². The summed E-state index contributed by atoms with van der Waals surface area (Å²) < 4.78 is 0. The van der Waals surface area contributed by atoms with Gasteiger partial charge in [-0.2, -0.15) is 0 Å². The minimum atomic E-state index is -0.680. The average molecular weight is 481 g/mol. The maximum atomic E-state index is 6.92. The van der Waals surface area contributed by atoms with Crippen LogP contribution in [0.5, 0.6) is 0 Å². The third-order valence-corrected chi connectivity index (χ3v) is 7.51. The molecule has 0 saturated heterocycles. The van der Waals surface area contributed by atoms with E-state index in [0.717, 1.165) is 55.3 Å². The highest BCUT2D eigenvalue weighted by Gasteiger charge is 2.49. The minimum Gasteiger partial charge on any atom is -0.247 e. The second kappa shape index (κ2) is 8.15. The first-order chi connectivity index (χ1) is 17.8. The van der Waals surface area contributed by atoms with E-state index in [1.807, 2.05) is 42.5 Å². The fourth-order valence-electron chi connectivity index (χ4n) is 5.73. The van der Waals surface area contributed by atoms with Gasteiger partial charge in [0.25, 0.3) is 0 Å². The number of aromatic nitrogens is 2. The zero-order valence-corrected chi connectivity index (χ0v) is 20.2. The van der Waals surface area contributed by atoms with Crippen molar-refractivity contribution < 1.29 is 0 Å². The summed E-state index contributed by atoms with van der Waals surface area (Å²) in [6, 6.07) is 43.9. The Labute approximate surface area is 214 Å². The molecule has 0 radical (unpaired) electrons. The molecule has 0 aliphatic heterocycles. The molecule has 1 aliphatic rings. The normalized spacial score (nSPS) is 16.0. The Morgan fingerprint density at radius 2 is 1.14 bits per heavy atom. The van der Waals surface area contributed by atoms with Gasteiger partial charge in [-0.05, 0) is 40.5 Å². The molecule has 0 saturated carbocycles. The van der Waals surface area contributed by atoms with E-state index in [9.17, 15) is 0 Å². The summed E-state index contributed by atoms with van der Waals surface area (Å²) >= 11 is 6.92. The van der Waals surface area contributed by atoms with Gasteiger partial charge < -0.3 is 0 Å². The van der Waals surface area contributed by atoms with E-state index < -0.39 is 5.41 Å². The van der Waals surface area contributed by atoms with E-state index in [2.05, 4.69) is 84.9 Å². The molecule has 5 aromatic carbocycles. The predicted octanol–water partition coefficient (Wildman–Crippen LogP) is 8.31. The summed E-state index contributed by atoms with van der Waals surface area (Å²) in [7, 11) is 0. The van der Waals surface area contributed by atoms with Crippen LogP contribution in [0.15, 0.2) is 127 Å². The number of halogens is 1. The highest BCUT2D eigenvalue weighted by molar-refractivity contribution is 6.34. The topological polar surface area (TPSA) is 25.8 Å². The van der Waals surface area contributed by atoms with E-state index in [-0.39, 0.29) is 0 Å². The number of para-hydroxylation sites is 2. The van der Waals surface area contributed by atoms with Gasteiger partial charge in [-0.1, -0.05) is 121 Å². The lowest BCUT2D eigenvalue weighted by molar-refractivity contribution is 0.737. The van der Waals surface area contributed by atoms with E-state index in [1.165, 1.54) is 5.56 Å². The third kappa shape index (κ3) is 2.92. The van der Waals surface area contributed by atoms with E-state index in [1.54, 1.807) is 0 Å². The molecule has 6 aromatic rings. The average Bonchev–Trinajstić information content (AvgIpc) is 3.25. The van der Waals surface area contributed by atoms with Gasteiger partial charge in [0.15, 0.2) is 0 Å². The number of hydrogen-bond donors (Lipinski definition) is 0. The van der Waals surface area contributed by atoms with Gasteiger partial charge in [0.1, 0.15) is 0 Å². The lowest BCUT2D eigenvalue weighted by Gasteiger charge is -2.34. The molecule has 0 bridgehead atoms. The second-order valence-corrected chi connectivity index (χ2v) is 9.51. The summed E-state index contributed by atoms with van der Waals surface area (Å²) in [6.07, 6.45) is 0. The zero-order chi connectivity index (χ0) is 24.1. The Morgan fingerprint density at radius 3 is 1.92 bits per heavy atom. The van der Waals surface area contributed by atoms with Crippen molar-refractivity contribution in [2.75, 3.05) is 0 Å². The Morgan fingerprint density at radius 1 is 0.528 bits per heavy atom. The molecular formula is C33H21ClN2. The Hall–Kier alpha value is -4.27. The molecule has 1 aromatic heterocycles. The van der Waals surface area contributed by atoms with Gasteiger partial charge in [-0.25, -0.2) is 9.97 Å². The molecule has 0 amide bonds. The molecule has 0 N–H and O–H groups in total. The number of fused-ring (bicyclic) bond motifs is 4. The Bertz CT molecular complexity index is 1750. The summed E-state index contributed by atoms with van der Waals surface area (Å²) in [4.78, 5) is 10.6. The largest absolute Gasteiger partial charge is 0.247 e. The minimum absolute atomic E-state index is 0.680. The highest BCUT2D eigenvalue weighted by atomic mass is 35.5. The molecule has 2 nitrogen and oxygen atoms in total. The first kappa shape index (κ1) is 21.0. The van der Waals surface area contributed by atoms with Crippen LogP contribution >= 0.6 is 11.6 Å². The molecule has 170 valence electrons. The third-order valence-electron chi connectivity index (χ3n) is 7.20. The Kier molecular flexibility index (Phi) is 4.77. The zero-order valence-electron chi connectivity index (χ0n) is 19.4. The molecule has 1 aliphatic carbocycles. The van der Waals surface area contributed by atoms with E-state index in [4.69, 9.17) is 21.6 Å². The van der Waals surface area contributed by atoms with E-state index in [0.29, 0.717) is 0 Å². The van der Waals surface area contributed by atoms with Crippen molar-refractivity contribution in [2.45, 2.75) is 5.41 Å². The fraction of sp³-hybridized carbons (Fsp3) is 0.0303. The summed E-state index contributed by atoms with van der Waals surface area (Å²) in [5, 5.41) is 0.743. The summed E-state index contributed by atoms with van der Waals surface area (Å²) in [5.74, 6) is 0. The number of rotatable bonds is 3. The SMILES string of the molecule is Clc1cccc2c1-c1ccccc1C2(c1ccccc1)c1nc2ccccc2nc1-c1ccccc1. The van der Waals surface area contributed by atoms with Crippen molar-refractivity contribution in [1.82, 2.24) is 9.97 Å². The molecule has 7 rings (SSSR count). The first-order valence-electron chi connectivity index (χ1n) is 12.1. The van der Waals surface area contributed by atoms with Gasteiger partial charge in [0, 0.05) is 16.1 Å². The molecule has 0 spiro atoms. The maximum Gasteiger partial charge on any atom is 0.0941 e. The standard InChI is InChI=1S/C33H21ClN2/c34-27-19-11-18-26-30(27)24-16-7-8-17-25(24)33(26,23-14-5-2-6-15-23)32-31(22-12-3-1-4-13-22)35-28-20-9-10-21-29(28)36-32/h1-21H. The smallest absolute Gasteiger partial charge is 0.0941 e. The van der Waals surface area contributed by atoms with Gasteiger partial charge >= 0.3 is 0 Å². The predicted molar refractivity (Wildman–Crippen MR) is 147 cm³/mol.